The minimum absolute atomic E-state index is 0. The van der Waals surface area contributed by atoms with Gasteiger partial charge in [-0.15, -0.1) is 11.3 Å². The molecule has 1 rings (SSSR count). The van der Waals surface area contributed by atoms with Crippen molar-refractivity contribution in [1.29, 1.82) is 0 Å². The Labute approximate surface area is 78.8 Å². The average Bonchev–Trinajstić information content (AvgIpc) is 2.12. The van der Waals surface area contributed by atoms with Gasteiger partial charge in [-0.05, 0) is 11.4 Å². The van der Waals surface area contributed by atoms with E-state index in [2.05, 4.69) is 0 Å². The summed E-state index contributed by atoms with van der Waals surface area (Å²) in [5, 5.41) is 10.0. The fraction of sp³-hybridized carbons (Fsp3) is 0. The molecule has 0 amide bonds. The SMILES string of the molecule is O=C(O)c1cccs1.[NaH]. The van der Waals surface area contributed by atoms with Gasteiger partial charge in [0.15, 0.2) is 0 Å². The molecule has 0 aliphatic carbocycles. The monoisotopic (exact) mass is 152 g/mol. The van der Waals surface area contributed by atoms with E-state index in [-0.39, 0.29) is 29.6 Å². The summed E-state index contributed by atoms with van der Waals surface area (Å²) < 4.78 is 0. The molecule has 0 bridgehead atoms. The zero-order chi connectivity index (χ0) is 5.98. The molecule has 0 fully saturated rings. The quantitative estimate of drug-likeness (QED) is 0.604. The zero-order valence-corrected chi connectivity index (χ0v) is 4.81. The fourth-order valence-corrected chi connectivity index (χ4v) is 0.962. The van der Waals surface area contributed by atoms with Crippen LogP contribution < -0.4 is 0 Å². The second kappa shape index (κ2) is 4.06. The molecule has 44 valence electrons. The van der Waals surface area contributed by atoms with Crippen LogP contribution in [-0.4, -0.2) is 40.6 Å². The molecule has 0 spiro atoms. The van der Waals surface area contributed by atoms with E-state index in [1.807, 2.05) is 0 Å². The van der Waals surface area contributed by atoms with Crippen molar-refractivity contribution in [3.05, 3.63) is 22.4 Å². The number of rotatable bonds is 1. The van der Waals surface area contributed by atoms with Crippen LogP contribution in [0.15, 0.2) is 17.5 Å². The van der Waals surface area contributed by atoms with E-state index in [0.717, 1.165) is 0 Å². The Balaban J connectivity index is 0.000000640. The summed E-state index contributed by atoms with van der Waals surface area (Å²) in [4.78, 5) is 10.5. The van der Waals surface area contributed by atoms with Crippen LogP contribution >= 0.6 is 11.3 Å². The molecule has 0 saturated heterocycles. The van der Waals surface area contributed by atoms with E-state index in [1.165, 1.54) is 11.3 Å². The maximum atomic E-state index is 10.1. The molecule has 1 N–H and O–H groups in total. The van der Waals surface area contributed by atoms with Crippen molar-refractivity contribution in [3.8, 4) is 0 Å². The second-order valence-corrected chi connectivity index (χ2v) is 2.23. The Morgan fingerprint density at radius 2 is 2.33 bits per heavy atom. The Hall–Kier alpha value is 0.170. The first-order chi connectivity index (χ1) is 3.80. The number of hydrogen-bond acceptors (Lipinski definition) is 2. The molecule has 2 nitrogen and oxygen atoms in total. The minimum atomic E-state index is -0.847. The summed E-state index contributed by atoms with van der Waals surface area (Å²) in [5.74, 6) is -0.847. The summed E-state index contributed by atoms with van der Waals surface area (Å²) in [6.07, 6.45) is 0. The first kappa shape index (κ1) is 9.17. The molecule has 1 heterocycles. The van der Waals surface area contributed by atoms with Crippen molar-refractivity contribution in [2.45, 2.75) is 0 Å². The van der Waals surface area contributed by atoms with Crippen LogP contribution in [0.25, 0.3) is 0 Å². The van der Waals surface area contributed by atoms with E-state index < -0.39 is 5.97 Å². The van der Waals surface area contributed by atoms with E-state index >= 15 is 0 Å². The van der Waals surface area contributed by atoms with Crippen molar-refractivity contribution in [3.63, 3.8) is 0 Å². The van der Waals surface area contributed by atoms with Crippen LogP contribution in [0.3, 0.4) is 0 Å². The number of aromatic carboxylic acids is 1. The van der Waals surface area contributed by atoms with Crippen LogP contribution in [-0.2, 0) is 0 Å². The third-order valence-electron chi connectivity index (χ3n) is 0.732. The molecule has 0 unspecified atom stereocenters. The molecule has 0 aliphatic rings. The topological polar surface area (TPSA) is 37.3 Å². The summed E-state index contributed by atoms with van der Waals surface area (Å²) in [6.45, 7) is 0. The summed E-state index contributed by atoms with van der Waals surface area (Å²) >= 11 is 1.23. The van der Waals surface area contributed by atoms with Crippen LogP contribution in [0.1, 0.15) is 9.67 Å². The standard InChI is InChI=1S/C5H4O2S.Na.H/c6-5(7)4-2-1-3-8-4;;/h1-3H,(H,6,7);;. The van der Waals surface area contributed by atoms with Gasteiger partial charge in [0.25, 0.3) is 0 Å². The summed E-state index contributed by atoms with van der Waals surface area (Å²) in [6, 6.07) is 3.29. The van der Waals surface area contributed by atoms with Crippen molar-refractivity contribution in [2.24, 2.45) is 0 Å². The first-order valence-corrected chi connectivity index (χ1v) is 2.95. The average molecular weight is 152 g/mol. The number of carbonyl (C=O) groups is 1. The summed E-state index contributed by atoms with van der Waals surface area (Å²) in [5.41, 5.74) is 0. The van der Waals surface area contributed by atoms with Crippen LogP contribution in [0.4, 0.5) is 0 Å². The Morgan fingerprint density at radius 3 is 2.56 bits per heavy atom. The van der Waals surface area contributed by atoms with Crippen molar-refractivity contribution in [1.82, 2.24) is 0 Å². The van der Waals surface area contributed by atoms with Gasteiger partial charge in [0.1, 0.15) is 4.88 Å². The normalized spacial score (nSPS) is 8.00. The zero-order valence-electron chi connectivity index (χ0n) is 4.00. The second-order valence-electron chi connectivity index (χ2n) is 1.28. The molecule has 0 radical (unpaired) electrons. The van der Waals surface area contributed by atoms with Crippen molar-refractivity contribution >= 4 is 46.9 Å². The first-order valence-electron chi connectivity index (χ1n) is 2.07. The third kappa shape index (κ3) is 2.49. The molecule has 0 atom stereocenters. The van der Waals surface area contributed by atoms with Gasteiger partial charge >= 0.3 is 35.5 Å². The molecule has 9 heavy (non-hydrogen) atoms. The molecular formula is C5H5NaO2S. The molecule has 0 aliphatic heterocycles. The number of thiophene rings is 1. The van der Waals surface area contributed by atoms with Gasteiger partial charge in [-0.3, -0.25) is 0 Å². The molecule has 0 saturated carbocycles. The molecular weight excluding hydrogens is 147 g/mol. The van der Waals surface area contributed by atoms with E-state index in [9.17, 15) is 4.79 Å². The molecule has 0 aromatic carbocycles. The Kier molecular flexibility index (Phi) is 4.14. The van der Waals surface area contributed by atoms with E-state index in [0.29, 0.717) is 4.88 Å². The van der Waals surface area contributed by atoms with Gasteiger partial charge < -0.3 is 5.11 Å². The molecule has 4 heteroatoms. The van der Waals surface area contributed by atoms with Gasteiger partial charge in [0, 0.05) is 0 Å². The van der Waals surface area contributed by atoms with E-state index in [4.69, 9.17) is 5.11 Å². The van der Waals surface area contributed by atoms with Gasteiger partial charge in [0.05, 0.1) is 0 Å². The predicted molar refractivity (Wildman–Crippen MR) is 38.4 cm³/mol. The van der Waals surface area contributed by atoms with Gasteiger partial charge in [-0.1, -0.05) is 6.07 Å². The van der Waals surface area contributed by atoms with Crippen LogP contribution in [0.2, 0.25) is 0 Å². The van der Waals surface area contributed by atoms with Crippen LogP contribution in [0, 0.1) is 0 Å². The summed E-state index contributed by atoms with van der Waals surface area (Å²) in [7, 11) is 0. The molecule has 1 aromatic heterocycles. The van der Waals surface area contributed by atoms with E-state index in [1.54, 1.807) is 17.5 Å². The third-order valence-corrected chi connectivity index (χ3v) is 1.59. The van der Waals surface area contributed by atoms with Crippen molar-refractivity contribution < 1.29 is 9.90 Å². The van der Waals surface area contributed by atoms with Gasteiger partial charge in [0.2, 0.25) is 0 Å². The number of carboxylic acid groups (broad SMARTS) is 1. The number of carboxylic acids is 1. The van der Waals surface area contributed by atoms with Gasteiger partial charge in [-0.2, -0.15) is 0 Å². The Morgan fingerprint density at radius 1 is 1.67 bits per heavy atom. The fourth-order valence-electron chi connectivity index (χ4n) is 0.400. The van der Waals surface area contributed by atoms with Gasteiger partial charge in [-0.25, -0.2) is 4.79 Å². The number of hydrogen-bond donors (Lipinski definition) is 1. The molecule has 1 aromatic rings. The Bertz CT molecular complexity index is 183. The van der Waals surface area contributed by atoms with Crippen molar-refractivity contribution in [2.75, 3.05) is 0 Å². The maximum absolute atomic E-state index is 10.1. The predicted octanol–water partition coefficient (Wildman–Crippen LogP) is 0.798. The van der Waals surface area contributed by atoms with Crippen LogP contribution in [0.5, 0.6) is 0 Å².